The average Bonchev–Trinajstić information content (AvgIpc) is 3.34. The van der Waals surface area contributed by atoms with Crippen molar-refractivity contribution in [2.75, 3.05) is 19.1 Å². The number of aromatic hydroxyl groups is 1. The molecule has 0 radical (unpaired) electrons. The standard InChI is InChI=1S/C24H20ClNO6S/c1-12-8-9-33-23(12)20-19(21(28)13-10-14(25)18(32-3)11-17(13)31-2)22(29)24(30)26(20)15-6-4-5-7-16(15)27/h4-11,20,27-28H,1-3H3/b21-19+. The van der Waals surface area contributed by atoms with Crippen LogP contribution in [0.2, 0.25) is 5.02 Å². The number of ether oxygens (including phenoxy) is 2. The molecule has 4 rings (SSSR count). The molecule has 2 heterocycles. The van der Waals surface area contributed by atoms with E-state index >= 15 is 0 Å². The van der Waals surface area contributed by atoms with Gasteiger partial charge >= 0.3 is 0 Å². The summed E-state index contributed by atoms with van der Waals surface area (Å²) in [4.78, 5) is 28.3. The molecule has 1 unspecified atom stereocenters. The number of halogens is 1. The van der Waals surface area contributed by atoms with E-state index in [1.54, 1.807) is 18.2 Å². The number of rotatable bonds is 5. The van der Waals surface area contributed by atoms with Gasteiger partial charge in [0.05, 0.1) is 36.1 Å². The molecule has 1 fully saturated rings. The molecule has 2 N–H and O–H groups in total. The Labute approximate surface area is 199 Å². The van der Waals surface area contributed by atoms with Crippen LogP contribution in [0, 0.1) is 6.92 Å². The summed E-state index contributed by atoms with van der Waals surface area (Å²) in [5.41, 5.74) is 1.00. The van der Waals surface area contributed by atoms with Crippen molar-refractivity contribution in [2.45, 2.75) is 13.0 Å². The Hall–Kier alpha value is -3.49. The highest BCUT2D eigenvalue weighted by molar-refractivity contribution is 7.10. The maximum absolute atomic E-state index is 13.3. The van der Waals surface area contributed by atoms with Gasteiger partial charge in [-0.1, -0.05) is 23.7 Å². The largest absolute Gasteiger partial charge is 0.507 e. The summed E-state index contributed by atoms with van der Waals surface area (Å²) in [6, 6.07) is 10.0. The van der Waals surface area contributed by atoms with Gasteiger partial charge in [-0.05, 0) is 42.1 Å². The Kier molecular flexibility index (Phi) is 6.05. The number of thiophene rings is 1. The van der Waals surface area contributed by atoms with Crippen LogP contribution in [0.25, 0.3) is 5.76 Å². The highest BCUT2D eigenvalue weighted by atomic mass is 35.5. The van der Waals surface area contributed by atoms with Gasteiger partial charge in [-0.25, -0.2) is 0 Å². The summed E-state index contributed by atoms with van der Waals surface area (Å²) in [6.45, 7) is 1.85. The lowest BCUT2D eigenvalue weighted by molar-refractivity contribution is -0.132. The second kappa shape index (κ2) is 8.80. The van der Waals surface area contributed by atoms with E-state index in [1.807, 2.05) is 18.4 Å². The molecule has 170 valence electrons. The van der Waals surface area contributed by atoms with Gasteiger partial charge in [0.15, 0.2) is 0 Å². The maximum Gasteiger partial charge on any atom is 0.300 e. The van der Waals surface area contributed by atoms with Crippen LogP contribution in [0.1, 0.15) is 22.0 Å². The molecule has 9 heteroatoms. The van der Waals surface area contributed by atoms with Crippen LogP contribution in [-0.4, -0.2) is 36.1 Å². The van der Waals surface area contributed by atoms with Crippen molar-refractivity contribution >= 4 is 46.1 Å². The number of ketones is 1. The third-order valence-corrected chi connectivity index (χ3v) is 6.83. The number of hydrogen-bond donors (Lipinski definition) is 2. The van der Waals surface area contributed by atoms with E-state index in [9.17, 15) is 19.8 Å². The lowest BCUT2D eigenvalue weighted by Crippen LogP contribution is -2.29. The fraction of sp³-hybridized carbons (Fsp3) is 0.167. The lowest BCUT2D eigenvalue weighted by atomic mass is 9.97. The number of Topliss-reactive ketones (excluding diaryl/α,β-unsaturated/α-hetero) is 1. The van der Waals surface area contributed by atoms with Gasteiger partial charge in [0, 0.05) is 10.9 Å². The van der Waals surface area contributed by atoms with E-state index in [0.717, 1.165) is 5.56 Å². The number of nitrogens with zero attached hydrogens (tertiary/aromatic N) is 1. The minimum atomic E-state index is -0.955. The van der Waals surface area contributed by atoms with Gasteiger partial charge in [0.2, 0.25) is 0 Å². The van der Waals surface area contributed by atoms with Crippen molar-refractivity contribution in [3.63, 3.8) is 0 Å². The molecular weight excluding hydrogens is 466 g/mol. The first-order chi connectivity index (χ1) is 15.8. The van der Waals surface area contributed by atoms with Crippen LogP contribution in [0.5, 0.6) is 17.2 Å². The molecule has 1 aliphatic heterocycles. The Morgan fingerprint density at radius 3 is 2.39 bits per heavy atom. The zero-order valence-electron chi connectivity index (χ0n) is 18.0. The first-order valence-corrected chi connectivity index (χ1v) is 11.1. The van der Waals surface area contributed by atoms with Crippen molar-refractivity contribution in [3.8, 4) is 17.2 Å². The first kappa shape index (κ1) is 22.7. The monoisotopic (exact) mass is 485 g/mol. The number of benzene rings is 2. The Morgan fingerprint density at radius 2 is 1.79 bits per heavy atom. The van der Waals surface area contributed by atoms with E-state index < -0.39 is 23.5 Å². The molecule has 0 bridgehead atoms. The summed E-state index contributed by atoms with van der Waals surface area (Å²) in [7, 11) is 2.85. The topological polar surface area (TPSA) is 96.3 Å². The molecule has 0 saturated carbocycles. The number of methoxy groups -OCH3 is 2. The molecule has 1 atom stereocenters. The fourth-order valence-electron chi connectivity index (χ4n) is 3.85. The molecule has 1 amide bonds. The zero-order valence-corrected chi connectivity index (χ0v) is 19.5. The number of phenols is 1. The van der Waals surface area contributed by atoms with Gasteiger partial charge in [-0.15, -0.1) is 11.3 Å². The Bertz CT molecular complexity index is 1300. The molecule has 1 saturated heterocycles. The SMILES string of the molecule is COc1cc(OC)c(/C(O)=C2\C(=O)C(=O)N(c3ccccc3O)C2c2sccc2C)cc1Cl. The normalized spacial score (nSPS) is 17.5. The summed E-state index contributed by atoms with van der Waals surface area (Å²) >= 11 is 7.61. The zero-order chi connectivity index (χ0) is 23.9. The van der Waals surface area contributed by atoms with E-state index in [4.69, 9.17) is 21.1 Å². The van der Waals surface area contributed by atoms with E-state index in [1.165, 1.54) is 48.7 Å². The van der Waals surface area contributed by atoms with Crippen LogP contribution in [0.15, 0.2) is 53.4 Å². The number of aliphatic hydroxyl groups excluding tert-OH is 1. The second-order valence-corrected chi connectivity index (χ2v) is 8.67. The summed E-state index contributed by atoms with van der Waals surface area (Å²) in [5.74, 6) is -1.82. The van der Waals surface area contributed by atoms with E-state index in [0.29, 0.717) is 10.6 Å². The molecular formula is C24H20ClNO6S. The molecule has 33 heavy (non-hydrogen) atoms. The van der Waals surface area contributed by atoms with Gasteiger partial charge in [-0.3, -0.25) is 14.5 Å². The molecule has 0 aliphatic carbocycles. The highest BCUT2D eigenvalue weighted by Gasteiger charge is 2.48. The number of phenolic OH excluding ortho intramolecular Hbond substituents is 1. The quantitative estimate of drug-likeness (QED) is 0.298. The summed E-state index contributed by atoms with van der Waals surface area (Å²) in [5, 5.41) is 23.8. The van der Waals surface area contributed by atoms with Gasteiger partial charge in [0.25, 0.3) is 11.7 Å². The predicted molar refractivity (Wildman–Crippen MR) is 127 cm³/mol. The number of carbonyl (C=O) groups excluding carboxylic acids is 2. The Morgan fingerprint density at radius 1 is 1.09 bits per heavy atom. The molecule has 2 aromatic carbocycles. The minimum Gasteiger partial charge on any atom is -0.507 e. The first-order valence-electron chi connectivity index (χ1n) is 9.85. The summed E-state index contributed by atoms with van der Waals surface area (Å²) < 4.78 is 10.6. The molecule has 1 aromatic heterocycles. The van der Waals surface area contributed by atoms with Gasteiger partial charge in [0.1, 0.15) is 29.0 Å². The third-order valence-electron chi connectivity index (χ3n) is 5.46. The van der Waals surface area contributed by atoms with Crippen LogP contribution in [-0.2, 0) is 9.59 Å². The van der Waals surface area contributed by atoms with Crippen molar-refractivity contribution in [2.24, 2.45) is 0 Å². The van der Waals surface area contributed by atoms with Gasteiger partial charge < -0.3 is 19.7 Å². The molecule has 0 spiro atoms. The Balaban J connectivity index is 2.01. The van der Waals surface area contributed by atoms with Crippen molar-refractivity contribution < 1.29 is 29.3 Å². The van der Waals surface area contributed by atoms with Crippen LogP contribution >= 0.6 is 22.9 Å². The number of anilines is 1. The number of para-hydroxylation sites is 2. The van der Waals surface area contributed by atoms with Crippen LogP contribution in [0.3, 0.4) is 0 Å². The fourth-order valence-corrected chi connectivity index (χ4v) is 5.12. The molecule has 7 nitrogen and oxygen atoms in total. The average molecular weight is 486 g/mol. The minimum absolute atomic E-state index is 0.131. The number of aliphatic hydroxyl groups is 1. The second-order valence-electron chi connectivity index (χ2n) is 7.31. The number of carbonyl (C=O) groups is 2. The number of hydrogen-bond acceptors (Lipinski definition) is 7. The summed E-state index contributed by atoms with van der Waals surface area (Å²) in [6.07, 6.45) is 0. The highest BCUT2D eigenvalue weighted by Crippen LogP contribution is 2.48. The lowest BCUT2D eigenvalue weighted by Gasteiger charge is -2.25. The number of amides is 1. The van der Waals surface area contributed by atoms with Crippen molar-refractivity contribution in [1.82, 2.24) is 0 Å². The van der Waals surface area contributed by atoms with Gasteiger partial charge in [-0.2, -0.15) is 0 Å². The van der Waals surface area contributed by atoms with E-state index in [-0.39, 0.29) is 33.3 Å². The number of aryl methyl sites for hydroxylation is 1. The van der Waals surface area contributed by atoms with Crippen LogP contribution < -0.4 is 14.4 Å². The van der Waals surface area contributed by atoms with E-state index in [2.05, 4.69) is 0 Å². The smallest absolute Gasteiger partial charge is 0.300 e. The van der Waals surface area contributed by atoms with Crippen molar-refractivity contribution in [3.05, 3.63) is 74.4 Å². The predicted octanol–water partition coefficient (Wildman–Crippen LogP) is 5.06. The van der Waals surface area contributed by atoms with Crippen LogP contribution in [0.4, 0.5) is 5.69 Å². The third kappa shape index (κ3) is 3.71. The maximum atomic E-state index is 13.3. The molecule has 3 aromatic rings. The van der Waals surface area contributed by atoms with Crippen molar-refractivity contribution in [1.29, 1.82) is 0 Å². The molecule has 1 aliphatic rings.